The van der Waals surface area contributed by atoms with E-state index in [2.05, 4.69) is 26.1 Å². The second-order valence-corrected chi connectivity index (χ2v) is 6.85. The minimum absolute atomic E-state index is 0.142. The third kappa shape index (κ3) is 2.35. The molecule has 0 spiro atoms. The first-order valence-corrected chi connectivity index (χ1v) is 6.87. The van der Waals surface area contributed by atoms with E-state index in [-0.39, 0.29) is 11.3 Å². The van der Waals surface area contributed by atoms with E-state index in [0.29, 0.717) is 6.04 Å². The van der Waals surface area contributed by atoms with Gasteiger partial charge in [0.25, 0.3) is 0 Å². The van der Waals surface area contributed by atoms with Gasteiger partial charge in [-0.1, -0.05) is 33.6 Å². The zero-order chi connectivity index (χ0) is 12.7. The molecule has 0 bridgehead atoms. The van der Waals surface area contributed by atoms with Crippen LogP contribution >= 0.6 is 0 Å². The van der Waals surface area contributed by atoms with Crippen molar-refractivity contribution in [2.45, 2.75) is 70.9 Å². The summed E-state index contributed by atoms with van der Waals surface area (Å²) in [6.07, 6.45) is 6.52. The van der Waals surface area contributed by atoms with Crippen LogP contribution in [0.15, 0.2) is 0 Å². The summed E-state index contributed by atoms with van der Waals surface area (Å²) >= 11 is 0. The van der Waals surface area contributed by atoms with E-state index < -0.39 is 11.5 Å². The van der Waals surface area contributed by atoms with Crippen molar-refractivity contribution in [1.29, 1.82) is 0 Å². The van der Waals surface area contributed by atoms with E-state index >= 15 is 0 Å². The van der Waals surface area contributed by atoms with Crippen LogP contribution < -0.4 is 5.32 Å². The molecule has 3 nitrogen and oxygen atoms in total. The van der Waals surface area contributed by atoms with Crippen LogP contribution in [-0.4, -0.2) is 22.7 Å². The molecular weight excluding hydrogens is 214 g/mol. The van der Waals surface area contributed by atoms with Crippen LogP contribution in [0, 0.1) is 11.3 Å². The lowest BCUT2D eigenvalue weighted by Gasteiger charge is -2.34. The van der Waals surface area contributed by atoms with E-state index in [0.717, 1.165) is 25.7 Å². The van der Waals surface area contributed by atoms with Gasteiger partial charge in [-0.2, -0.15) is 0 Å². The lowest BCUT2D eigenvalue weighted by Crippen LogP contribution is -2.57. The average Bonchev–Trinajstić information content (AvgIpc) is 2.74. The Bertz CT molecular complexity index is 307. The highest BCUT2D eigenvalue weighted by atomic mass is 16.4. The number of carbonyl (C=O) groups is 1. The molecule has 2 atom stereocenters. The van der Waals surface area contributed by atoms with Crippen molar-refractivity contribution in [3.8, 4) is 0 Å². The molecule has 2 aliphatic carbocycles. The van der Waals surface area contributed by atoms with E-state index in [1.807, 2.05) is 0 Å². The summed E-state index contributed by atoms with van der Waals surface area (Å²) in [7, 11) is 0. The van der Waals surface area contributed by atoms with Gasteiger partial charge in [0.1, 0.15) is 5.54 Å². The molecule has 98 valence electrons. The third-order valence-corrected chi connectivity index (χ3v) is 4.66. The minimum atomic E-state index is -0.682. The molecule has 0 aromatic rings. The number of carboxylic acids is 1. The second-order valence-electron chi connectivity index (χ2n) is 6.85. The molecule has 0 aromatic heterocycles. The number of aliphatic carboxylic acids is 1. The quantitative estimate of drug-likeness (QED) is 0.796. The van der Waals surface area contributed by atoms with Crippen LogP contribution in [0.2, 0.25) is 0 Å². The maximum atomic E-state index is 11.7. The Kier molecular flexibility index (Phi) is 3.23. The number of rotatable bonds is 3. The highest BCUT2D eigenvalue weighted by molar-refractivity contribution is 5.80. The van der Waals surface area contributed by atoms with Gasteiger partial charge in [0.05, 0.1) is 0 Å². The van der Waals surface area contributed by atoms with E-state index in [9.17, 15) is 9.90 Å². The molecule has 2 aliphatic rings. The smallest absolute Gasteiger partial charge is 0.324 e. The van der Waals surface area contributed by atoms with Gasteiger partial charge >= 0.3 is 5.97 Å². The Morgan fingerprint density at radius 1 is 1.29 bits per heavy atom. The number of carboxylic acid groups (broad SMARTS) is 1. The van der Waals surface area contributed by atoms with Gasteiger partial charge in [-0.3, -0.25) is 10.1 Å². The number of hydrogen-bond donors (Lipinski definition) is 2. The summed E-state index contributed by atoms with van der Waals surface area (Å²) in [6.45, 7) is 6.46. The first-order valence-electron chi connectivity index (χ1n) is 6.87. The monoisotopic (exact) mass is 239 g/mol. The Morgan fingerprint density at radius 2 is 1.88 bits per heavy atom. The van der Waals surface area contributed by atoms with Crippen molar-refractivity contribution in [2.75, 3.05) is 0 Å². The van der Waals surface area contributed by atoms with Gasteiger partial charge in [-0.05, 0) is 37.0 Å². The van der Waals surface area contributed by atoms with Crippen LogP contribution in [0.1, 0.15) is 59.3 Å². The zero-order valence-corrected chi connectivity index (χ0v) is 11.3. The van der Waals surface area contributed by atoms with E-state index in [1.54, 1.807) is 0 Å². The highest BCUT2D eigenvalue weighted by Crippen LogP contribution is 2.48. The maximum absolute atomic E-state index is 11.7. The fraction of sp³-hybridized carbons (Fsp3) is 0.929. The van der Waals surface area contributed by atoms with Crippen molar-refractivity contribution < 1.29 is 9.90 Å². The molecule has 3 heteroatoms. The fourth-order valence-electron chi connectivity index (χ4n) is 3.98. The average molecular weight is 239 g/mol. The molecular formula is C14H25NO2. The topological polar surface area (TPSA) is 49.3 Å². The van der Waals surface area contributed by atoms with Crippen LogP contribution in [-0.2, 0) is 4.79 Å². The summed E-state index contributed by atoms with van der Waals surface area (Å²) in [5.74, 6) is -0.432. The van der Waals surface area contributed by atoms with Crippen LogP contribution in [0.3, 0.4) is 0 Å². The summed E-state index contributed by atoms with van der Waals surface area (Å²) in [4.78, 5) is 11.7. The normalized spacial score (nSPS) is 37.5. The Hall–Kier alpha value is -0.570. The predicted molar refractivity (Wildman–Crippen MR) is 67.9 cm³/mol. The van der Waals surface area contributed by atoms with Crippen LogP contribution in [0.25, 0.3) is 0 Å². The largest absolute Gasteiger partial charge is 0.480 e. The molecule has 2 saturated carbocycles. The van der Waals surface area contributed by atoms with Crippen molar-refractivity contribution in [1.82, 2.24) is 5.32 Å². The molecule has 0 heterocycles. The molecule has 2 fully saturated rings. The van der Waals surface area contributed by atoms with Crippen molar-refractivity contribution >= 4 is 5.97 Å². The van der Waals surface area contributed by atoms with Gasteiger partial charge in [0, 0.05) is 6.04 Å². The summed E-state index contributed by atoms with van der Waals surface area (Å²) in [6, 6.07) is 0.419. The predicted octanol–water partition coefficient (Wildman–Crippen LogP) is 2.80. The molecule has 2 rings (SSSR count). The van der Waals surface area contributed by atoms with Gasteiger partial charge in [-0.25, -0.2) is 0 Å². The standard InChI is InChI=1S/C14H25NO2/c1-10-8-13(2,3)9-14(10,12(16)17)15-11-6-4-5-7-11/h10-11,15H,4-9H2,1-3H3,(H,16,17). The van der Waals surface area contributed by atoms with Gasteiger partial charge in [-0.15, -0.1) is 0 Å². The Balaban J connectivity index is 2.17. The first kappa shape index (κ1) is 12.9. The Labute approximate surface area is 104 Å². The van der Waals surface area contributed by atoms with E-state index in [4.69, 9.17) is 0 Å². The minimum Gasteiger partial charge on any atom is -0.480 e. The SMILES string of the molecule is CC1CC(C)(C)CC1(NC1CCCC1)C(=O)O. The summed E-state index contributed by atoms with van der Waals surface area (Å²) in [5.41, 5.74) is -0.540. The molecule has 0 radical (unpaired) electrons. The molecule has 2 unspecified atom stereocenters. The molecule has 2 N–H and O–H groups in total. The van der Waals surface area contributed by atoms with Crippen molar-refractivity contribution in [3.63, 3.8) is 0 Å². The maximum Gasteiger partial charge on any atom is 0.324 e. The van der Waals surface area contributed by atoms with Gasteiger partial charge in [0.15, 0.2) is 0 Å². The molecule has 0 aromatic carbocycles. The molecule has 0 aliphatic heterocycles. The second kappa shape index (κ2) is 4.27. The first-order chi connectivity index (χ1) is 7.86. The number of hydrogen-bond acceptors (Lipinski definition) is 2. The molecule has 17 heavy (non-hydrogen) atoms. The lowest BCUT2D eigenvalue weighted by atomic mass is 9.85. The summed E-state index contributed by atoms with van der Waals surface area (Å²) < 4.78 is 0. The van der Waals surface area contributed by atoms with Crippen molar-refractivity contribution in [3.05, 3.63) is 0 Å². The number of nitrogens with one attached hydrogen (secondary N) is 1. The fourth-order valence-corrected chi connectivity index (χ4v) is 3.98. The highest BCUT2D eigenvalue weighted by Gasteiger charge is 2.54. The molecule has 0 saturated heterocycles. The van der Waals surface area contributed by atoms with Crippen LogP contribution in [0.4, 0.5) is 0 Å². The van der Waals surface area contributed by atoms with Crippen LogP contribution in [0.5, 0.6) is 0 Å². The lowest BCUT2D eigenvalue weighted by molar-refractivity contribution is -0.147. The van der Waals surface area contributed by atoms with Crippen molar-refractivity contribution in [2.24, 2.45) is 11.3 Å². The van der Waals surface area contributed by atoms with Gasteiger partial charge < -0.3 is 5.11 Å². The zero-order valence-electron chi connectivity index (χ0n) is 11.3. The third-order valence-electron chi connectivity index (χ3n) is 4.66. The van der Waals surface area contributed by atoms with E-state index in [1.165, 1.54) is 12.8 Å². The van der Waals surface area contributed by atoms with Gasteiger partial charge in [0.2, 0.25) is 0 Å². The Morgan fingerprint density at radius 3 is 2.29 bits per heavy atom. The summed E-state index contributed by atoms with van der Waals surface area (Å²) in [5, 5.41) is 13.2. The molecule has 0 amide bonds.